The zero-order chi connectivity index (χ0) is 15.8. The molecule has 0 heterocycles. The summed E-state index contributed by atoms with van der Waals surface area (Å²) in [5.41, 5.74) is 12.1. The van der Waals surface area contributed by atoms with Crippen molar-refractivity contribution in [3.05, 3.63) is 34.3 Å². The molecule has 5 nitrogen and oxygen atoms in total. The highest BCUT2D eigenvalue weighted by molar-refractivity contribution is 9.10. The van der Waals surface area contributed by atoms with Gasteiger partial charge in [0.05, 0.1) is 12.6 Å². The number of halogens is 1. The Morgan fingerprint density at radius 1 is 1.29 bits per heavy atom. The van der Waals surface area contributed by atoms with Crippen LogP contribution >= 0.6 is 15.9 Å². The van der Waals surface area contributed by atoms with Crippen LogP contribution in [0.25, 0.3) is 0 Å². The van der Waals surface area contributed by atoms with Crippen molar-refractivity contribution in [2.24, 2.45) is 11.5 Å². The molecular formula is C15H22BrN3O2. The van der Waals surface area contributed by atoms with E-state index in [0.717, 1.165) is 22.9 Å². The molecule has 1 aromatic carbocycles. The highest BCUT2D eigenvalue weighted by atomic mass is 79.9. The molecule has 0 saturated heterocycles. The van der Waals surface area contributed by atoms with Crippen molar-refractivity contribution in [1.82, 2.24) is 4.90 Å². The van der Waals surface area contributed by atoms with Crippen LogP contribution in [0.3, 0.4) is 0 Å². The fraction of sp³-hybridized carbons (Fsp3) is 0.467. The SMILES string of the molecule is CCCC[C@H](N)C(=O)N(CC(N)=O)Cc1ccc(Br)cc1. The average Bonchev–Trinajstić information content (AvgIpc) is 2.45. The molecule has 0 aliphatic rings. The lowest BCUT2D eigenvalue weighted by atomic mass is 10.1. The molecule has 0 unspecified atom stereocenters. The van der Waals surface area contributed by atoms with E-state index in [0.29, 0.717) is 13.0 Å². The predicted octanol–water partition coefficient (Wildman–Crippen LogP) is 1.78. The highest BCUT2D eigenvalue weighted by Gasteiger charge is 2.22. The van der Waals surface area contributed by atoms with Gasteiger partial charge in [-0.15, -0.1) is 0 Å². The van der Waals surface area contributed by atoms with E-state index in [9.17, 15) is 9.59 Å². The zero-order valence-electron chi connectivity index (χ0n) is 12.2. The van der Waals surface area contributed by atoms with E-state index >= 15 is 0 Å². The summed E-state index contributed by atoms with van der Waals surface area (Å²) in [5, 5.41) is 0. The van der Waals surface area contributed by atoms with E-state index in [1.807, 2.05) is 31.2 Å². The summed E-state index contributed by atoms with van der Waals surface area (Å²) in [6, 6.07) is 6.98. The first-order valence-electron chi connectivity index (χ1n) is 7.01. The molecule has 0 radical (unpaired) electrons. The van der Waals surface area contributed by atoms with Crippen LogP contribution in [0.1, 0.15) is 31.7 Å². The molecule has 6 heteroatoms. The van der Waals surface area contributed by atoms with Crippen molar-refractivity contribution >= 4 is 27.7 Å². The molecule has 0 bridgehead atoms. The summed E-state index contributed by atoms with van der Waals surface area (Å²) in [7, 11) is 0. The molecule has 0 saturated carbocycles. The van der Waals surface area contributed by atoms with Crippen molar-refractivity contribution < 1.29 is 9.59 Å². The smallest absolute Gasteiger partial charge is 0.240 e. The zero-order valence-corrected chi connectivity index (χ0v) is 13.8. The largest absolute Gasteiger partial charge is 0.368 e. The summed E-state index contributed by atoms with van der Waals surface area (Å²) in [4.78, 5) is 24.9. The quantitative estimate of drug-likeness (QED) is 0.744. The summed E-state index contributed by atoms with van der Waals surface area (Å²) in [5.74, 6) is -0.770. The lowest BCUT2D eigenvalue weighted by molar-refractivity contribution is -0.137. The third-order valence-electron chi connectivity index (χ3n) is 3.13. The van der Waals surface area contributed by atoms with Crippen molar-refractivity contribution in [3.8, 4) is 0 Å². The molecule has 1 rings (SSSR count). The van der Waals surface area contributed by atoms with Gasteiger partial charge in [-0.3, -0.25) is 9.59 Å². The lowest BCUT2D eigenvalue weighted by Gasteiger charge is -2.24. The topological polar surface area (TPSA) is 89.4 Å². The highest BCUT2D eigenvalue weighted by Crippen LogP contribution is 2.13. The van der Waals surface area contributed by atoms with Gasteiger partial charge in [-0.1, -0.05) is 47.8 Å². The summed E-state index contributed by atoms with van der Waals surface area (Å²) in [6.45, 7) is 2.25. The first-order chi connectivity index (χ1) is 9.93. The van der Waals surface area contributed by atoms with Gasteiger partial charge in [-0.25, -0.2) is 0 Å². The van der Waals surface area contributed by atoms with Gasteiger partial charge in [0.1, 0.15) is 0 Å². The Kier molecular flexibility index (Phi) is 7.39. The van der Waals surface area contributed by atoms with Crippen LogP contribution in [0, 0.1) is 0 Å². The van der Waals surface area contributed by atoms with Gasteiger partial charge in [0.25, 0.3) is 0 Å². The maximum Gasteiger partial charge on any atom is 0.240 e. The Bertz CT molecular complexity index is 476. The second-order valence-corrected chi connectivity index (χ2v) is 5.95. The van der Waals surface area contributed by atoms with Crippen LogP contribution in [0.4, 0.5) is 0 Å². The van der Waals surface area contributed by atoms with Crippen molar-refractivity contribution in [2.45, 2.75) is 38.8 Å². The third kappa shape index (κ3) is 6.27. The lowest BCUT2D eigenvalue weighted by Crippen LogP contribution is -2.46. The number of carbonyl (C=O) groups is 2. The van der Waals surface area contributed by atoms with Crippen LogP contribution in [-0.2, 0) is 16.1 Å². The van der Waals surface area contributed by atoms with Crippen LogP contribution < -0.4 is 11.5 Å². The van der Waals surface area contributed by atoms with Crippen LogP contribution in [0.15, 0.2) is 28.7 Å². The van der Waals surface area contributed by atoms with E-state index in [1.54, 1.807) is 0 Å². The number of carbonyl (C=O) groups excluding carboxylic acids is 2. The summed E-state index contributed by atoms with van der Waals surface area (Å²) < 4.78 is 0.957. The number of benzene rings is 1. The van der Waals surface area contributed by atoms with Gasteiger partial charge < -0.3 is 16.4 Å². The van der Waals surface area contributed by atoms with E-state index in [2.05, 4.69) is 15.9 Å². The maximum atomic E-state index is 12.3. The Morgan fingerprint density at radius 2 is 1.90 bits per heavy atom. The number of nitrogens with zero attached hydrogens (tertiary/aromatic N) is 1. The van der Waals surface area contributed by atoms with Crippen molar-refractivity contribution in [1.29, 1.82) is 0 Å². The number of hydrogen-bond donors (Lipinski definition) is 2. The number of amides is 2. The molecule has 1 atom stereocenters. The minimum atomic E-state index is -0.584. The van der Waals surface area contributed by atoms with Gasteiger partial charge in [-0.2, -0.15) is 0 Å². The molecule has 21 heavy (non-hydrogen) atoms. The van der Waals surface area contributed by atoms with Gasteiger partial charge in [0.15, 0.2) is 0 Å². The van der Waals surface area contributed by atoms with E-state index in [4.69, 9.17) is 11.5 Å². The molecular weight excluding hydrogens is 334 g/mol. The van der Waals surface area contributed by atoms with Crippen molar-refractivity contribution in [2.75, 3.05) is 6.54 Å². The molecule has 2 amide bonds. The summed E-state index contributed by atoms with van der Waals surface area (Å²) in [6.07, 6.45) is 2.48. The Hall–Kier alpha value is -1.40. The monoisotopic (exact) mass is 355 g/mol. The van der Waals surface area contributed by atoms with E-state index in [1.165, 1.54) is 4.90 Å². The van der Waals surface area contributed by atoms with Crippen LogP contribution in [0.2, 0.25) is 0 Å². The fourth-order valence-electron chi connectivity index (χ4n) is 1.99. The molecule has 0 aliphatic heterocycles. The Morgan fingerprint density at radius 3 is 2.43 bits per heavy atom. The average molecular weight is 356 g/mol. The maximum absolute atomic E-state index is 12.3. The Labute approximate surface area is 133 Å². The molecule has 4 N–H and O–H groups in total. The Balaban J connectivity index is 2.76. The van der Waals surface area contributed by atoms with Gasteiger partial charge in [-0.05, 0) is 24.1 Å². The predicted molar refractivity (Wildman–Crippen MR) is 86.3 cm³/mol. The molecule has 0 spiro atoms. The summed E-state index contributed by atoms with van der Waals surface area (Å²) >= 11 is 3.36. The molecule has 116 valence electrons. The first kappa shape index (κ1) is 17.7. The molecule has 1 aromatic rings. The number of primary amides is 1. The number of hydrogen-bond acceptors (Lipinski definition) is 3. The van der Waals surface area contributed by atoms with Crippen LogP contribution in [-0.4, -0.2) is 29.3 Å². The first-order valence-corrected chi connectivity index (χ1v) is 7.80. The van der Waals surface area contributed by atoms with Crippen molar-refractivity contribution in [3.63, 3.8) is 0 Å². The number of rotatable bonds is 8. The van der Waals surface area contributed by atoms with E-state index < -0.39 is 11.9 Å². The minimum absolute atomic E-state index is 0.116. The fourth-order valence-corrected chi connectivity index (χ4v) is 2.26. The van der Waals surface area contributed by atoms with Gasteiger partial charge in [0, 0.05) is 11.0 Å². The third-order valence-corrected chi connectivity index (χ3v) is 3.66. The minimum Gasteiger partial charge on any atom is -0.368 e. The molecule has 0 aliphatic carbocycles. The second-order valence-electron chi connectivity index (χ2n) is 5.04. The molecule has 0 fully saturated rings. The van der Waals surface area contributed by atoms with E-state index in [-0.39, 0.29) is 12.5 Å². The number of unbranched alkanes of at least 4 members (excludes halogenated alkanes) is 1. The standard InChI is InChI=1S/C15H22BrN3O2/c1-2-3-4-13(17)15(21)19(10-14(18)20)9-11-5-7-12(16)8-6-11/h5-8,13H,2-4,9-10,17H2,1H3,(H2,18,20)/t13-/m0/s1. The van der Waals surface area contributed by atoms with Crippen LogP contribution in [0.5, 0.6) is 0 Å². The number of nitrogens with two attached hydrogens (primary N) is 2. The van der Waals surface area contributed by atoms with Gasteiger partial charge in [0.2, 0.25) is 11.8 Å². The second kappa shape index (κ2) is 8.79. The normalized spacial score (nSPS) is 12.0. The van der Waals surface area contributed by atoms with Gasteiger partial charge >= 0.3 is 0 Å². The molecule has 0 aromatic heterocycles.